The van der Waals surface area contributed by atoms with Gasteiger partial charge in [0.05, 0.1) is 6.42 Å². The SMILES string of the molecule is CCCCC/C=C\C/C=C\C/C=C\C/C=C\CCCCCC(=O)OC(CCCCCCCCCCCCC)CC(=O)O. The second-order valence-corrected chi connectivity index (χ2v) is 11.7. The zero-order valence-corrected chi connectivity index (χ0v) is 27.5. The van der Waals surface area contributed by atoms with E-state index in [9.17, 15) is 14.7 Å². The average Bonchev–Trinajstić information content (AvgIpc) is 2.96. The highest BCUT2D eigenvalue weighted by atomic mass is 16.5. The summed E-state index contributed by atoms with van der Waals surface area (Å²) in [7, 11) is 0. The second kappa shape index (κ2) is 33.4. The maximum atomic E-state index is 12.3. The lowest BCUT2D eigenvalue weighted by atomic mass is 10.0. The van der Waals surface area contributed by atoms with E-state index >= 15 is 0 Å². The van der Waals surface area contributed by atoms with Crippen LogP contribution in [-0.4, -0.2) is 23.1 Å². The zero-order chi connectivity index (χ0) is 30.8. The molecule has 0 aromatic rings. The van der Waals surface area contributed by atoms with Crippen LogP contribution in [0.1, 0.15) is 174 Å². The number of esters is 1. The third-order valence-electron chi connectivity index (χ3n) is 7.54. The molecule has 0 rings (SSSR count). The molecule has 1 N–H and O–H groups in total. The monoisotopic (exact) mass is 586 g/mol. The van der Waals surface area contributed by atoms with Gasteiger partial charge in [-0.15, -0.1) is 0 Å². The Labute approximate surface area is 260 Å². The van der Waals surface area contributed by atoms with E-state index in [0.717, 1.165) is 57.8 Å². The molecular weight excluding hydrogens is 520 g/mol. The Kier molecular flexibility index (Phi) is 31.7. The molecule has 242 valence electrons. The van der Waals surface area contributed by atoms with Crippen molar-refractivity contribution in [1.29, 1.82) is 0 Å². The number of unbranched alkanes of at least 4 members (excludes halogenated alkanes) is 16. The van der Waals surface area contributed by atoms with Gasteiger partial charge in [0.2, 0.25) is 0 Å². The van der Waals surface area contributed by atoms with E-state index in [1.54, 1.807) is 0 Å². The molecule has 0 bridgehead atoms. The maximum Gasteiger partial charge on any atom is 0.307 e. The van der Waals surface area contributed by atoms with Crippen molar-refractivity contribution < 1.29 is 19.4 Å². The first-order valence-electron chi connectivity index (χ1n) is 17.6. The molecule has 0 aliphatic rings. The Morgan fingerprint density at radius 3 is 1.45 bits per heavy atom. The topological polar surface area (TPSA) is 63.6 Å². The number of carboxylic acids is 1. The first-order chi connectivity index (χ1) is 20.6. The molecule has 0 aliphatic heterocycles. The minimum absolute atomic E-state index is 0.0877. The number of ether oxygens (including phenoxy) is 1. The van der Waals surface area contributed by atoms with Crippen LogP contribution < -0.4 is 0 Å². The van der Waals surface area contributed by atoms with Crippen molar-refractivity contribution in [2.24, 2.45) is 0 Å². The molecular formula is C38H66O4. The third kappa shape index (κ3) is 32.4. The highest BCUT2D eigenvalue weighted by Gasteiger charge is 2.17. The fourth-order valence-corrected chi connectivity index (χ4v) is 4.95. The highest BCUT2D eigenvalue weighted by Crippen LogP contribution is 2.16. The summed E-state index contributed by atoms with van der Waals surface area (Å²) < 4.78 is 5.54. The summed E-state index contributed by atoms with van der Waals surface area (Å²) in [6.07, 6.45) is 44.1. The maximum absolute atomic E-state index is 12.3. The minimum Gasteiger partial charge on any atom is -0.481 e. The van der Waals surface area contributed by atoms with Crippen molar-refractivity contribution in [3.8, 4) is 0 Å². The molecule has 0 saturated heterocycles. The molecule has 4 heteroatoms. The van der Waals surface area contributed by atoms with Gasteiger partial charge in [0.25, 0.3) is 0 Å². The summed E-state index contributed by atoms with van der Waals surface area (Å²) in [6, 6.07) is 0. The summed E-state index contributed by atoms with van der Waals surface area (Å²) in [5.41, 5.74) is 0. The van der Waals surface area contributed by atoms with Gasteiger partial charge in [0, 0.05) is 6.42 Å². The number of aliphatic carboxylic acids is 1. The van der Waals surface area contributed by atoms with E-state index in [-0.39, 0.29) is 12.4 Å². The molecule has 1 unspecified atom stereocenters. The van der Waals surface area contributed by atoms with E-state index in [4.69, 9.17) is 4.74 Å². The Bertz CT molecular complexity index is 719. The fraction of sp³-hybridized carbons (Fsp3) is 0.737. The molecule has 0 saturated carbocycles. The van der Waals surface area contributed by atoms with E-state index in [1.165, 1.54) is 83.5 Å². The van der Waals surface area contributed by atoms with E-state index in [2.05, 4.69) is 62.5 Å². The Morgan fingerprint density at radius 2 is 0.952 bits per heavy atom. The normalized spacial score (nSPS) is 12.8. The quantitative estimate of drug-likeness (QED) is 0.0498. The molecule has 0 aliphatic carbocycles. The predicted molar refractivity (Wildman–Crippen MR) is 181 cm³/mol. The van der Waals surface area contributed by atoms with Crippen molar-refractivity contribution in [2.75, 3.05) is 0 Å². The zero-order valence-electron chi connectivity index (χ0n) is 27.5. The number of rotatable bonds is 31. The number of carbonyl (C=O) groups excluding carboxylic acids is 1. The standard InChI is InChI=1S/C38H66O4/c1-3-5-7-9-11-13-15-16-17-18-19-20-21-22-24-26-28-30-32-34-38(41)42-36(35-37(39)40)33-31-29-27-25-23-14-12-10-8-6-4-2/h11,13,16-17,19-20,22,24,36H,3-10,12,14-15,18,21,23,25-35H2,1-2H3,(H,39,40)/b13-11-,17-16-,20-19-,24-22-. The Hall–Kier alpha value is -2.10. The number of carboxylic acid groups (broad SMARTS) is 1. The van der Waals surface area contributed by atoms with Gasteiger partial charge in [-0.05, 0) is 64.2 Å². The summed E-state index contributed by atoms with van der Waals surface area (Å²) >= 11 is 0. The van der Waals surface area contributed by atoms with Crippen LogP contribution in [0.4, 0.5) is 0 Å². The van der Waals surface area contributed by atoms with Gasteiger partial charge in [0.1, 0.15) is 6.10 Å². The second-order valence-electron chi connectivity index (χ2n) is 11.7. The summed E-state index contributed by atoms with van der Waals surface area (Å²) in [5.74, 6) is -1.14. The first kappa shape index (κ1) is 39.9. The van der Waals surface area contributed by atoms with E-state index < -0.39 is 12.1 Å². The van der Waals surface area contributed by atoms with Crippen LogP contribution in [0.3, 0.4) is 0 Å². The lowest BCUT2D eigenvalue weighted by Gasteiger charge is -2.16. The van der Waals surface area contributed by atoms with Crippen LogP contribution in [0.5, 0.6) is 0 Å². The number of carbonyl (C=O) groups is 2. The van der Waals surface area contributed by atoms with Crippen LogP contribution in [0, 0.1) is 0 Å². The smallest absolute Gasteiger partial charge is 0.307 e. The first-order valence-corrected chi connectivity index (χ1v) is 17.6. The minimum atomic E-state index is -0.894. The lowest BCUT2D eigenvalue weighted by Crippen LogP contribution is -2.21. The molecule has 0 radical (unpaired) electrons. The van der Waals surface area contributed by atoms with Crippen LogP contribution in [0.2, 0.25) is 0 Å². The van der Waals surface area contributed by atoms with E-state index in [1.807, 2.05) is 0 Å². The van der Waals surface area contributed by atoms with Gasteiger partial charge in [-0.1, -0.05) is 146 Å². The number of hydrogen-bond acceptors (Lipinski definition) is 3. The molecule has 4 nitrogen and oxygen atoms in total. The predicted octanol–water partition coefficient (Wildman–Crippen LogP) is 12.0. The average molecular weight is 587 g/mol. The van der Waals surface area contributed by atoms with Gasteiger partial charge in [-0.25, -0.2) is 0 Å². The van der Waals surface area contributed by atoms with Crippen LogP contribution >= 0.6 is 0 Å². The van der Waals surface area contributed by atoms with Crippen LogP contribution in [0.25, 0.3) is 0 Å². The molecule has 1 atom stereocenters. The highest BCUT2D eigenvalue weighted by molar-refractivity contribution is 5.71. The van der Waals surface area contributed by atoms with Crippen molar-refractivity contribution in [3.05, 3.63) is 48.6 Å². The fourth-order valence-electron chi connectivity index (χ4n) is 4.95. The number of hydrogen-bond donors (Lipinski definition) is 1. The summed E-state index contributed by atoms with van der Waals surface area (Å²) in [6.45, 7) is 4.49. The molecule has 0 fully saturated rings. The van der Waals surface area contributed by atoms with Crippen LogP contribution in [0.15, 0.2) is 48.6 Å². The Balaban J connectivity index is 3.78. The largest absolute Gasteiger partial charge is 0.481 e. The van der Waals surface area contributed by atoms with E-state index in [0.29, 0.717) is 12.8 Å². The van der Waals surface area contributed by atoms with Gasteiger partial charge >= 0.3 is 11.9 Å². The lowest BCUT2D eigenvalue weighted by molar-refractivity contribution is -0.153. The van der Waals surface area contributed by atoms with Gasteiger partial charge in [0.15, 0.2) is 0 Å². The summed E-state index contributed by atoms with van der Waals surface area (Å²) in [5, 5.41) is 9.21. The number of allylic oxidation sites excluding steroid dienone is 8. The molecule has 0 heterocycles. The van der Waals surface area contributed by atoms with Crippen molar-refractivity contribution >= 4 is 11.9 Å². The summed E-state index contributed by atoms with van der Waals surface area (Å²) in [4.78, 5) is 23.5. The molecule has 0 aromatic carbocycles. The van der Waals surface area contributed by atoms with Gasteiger partial charge < -0.3 is 9.84 Å². The molecule has 0 aromatic heterocycles. The third-order valence-corrected chi connectivity index (χ3v) is 7.54. The van der Waals surface area contributed by atoms with Crippen molar-refractivity contribution in [1.82, 2.24) is 0 Å². The van der Waals surface area contributed by atoms with Gasteiger partial charge in [-0.3, -0.25) is 9.59 Å². The van der Waals surface area contributed by atoms with Crippen LogP contribution in [-0.2, 0) is 14.3 Å². The molecule has 42 heavy (non-hydrogen) atoms. The molecule has 0 spiro atoms. The molecule has 0 amide bonds. The Morgan fingerprint density at radius 1 is 0.548 bits per heavy atom. The van der Waals surface area contributed by atoms with Crippen molar-refractivity contribution in [3.63, 3.8) is 0 Å². The van der Waals surface area contributed by atoms with Gasteiger partial charge in [-0.2, -0.15) is 0 Å². The van der Waals surface area contributed by atoms with Crippen molar-refractivity contribution in [2.45, 2.75) is 180 Å².